The van der Waals surface area contributed by atoms with Gasteiger partial charge in [0, 0.05) is 37.8 Å². The van der Waals surface area contributed by atoms with E-state index < -0.39 is 10.0 Å². The Bertz CT molecular complexity index is 943. The van der Waals surface area contributed by atoms with Gasteiger partial charge in [0.15, 0.2) is 5.76 Å². The number of rotatable bonds is 5. The van der Waals surface area contributed by atoms with Crippen molar-refractivity contribution in [3.63, 3.8) is 0 Å². The lowest BCUT2D eigenvalue weighted by Crippen LogP contribution is -2.46. The SMILES string of the molecule is Cc1noc(C(C)C)c1C(=O)Nc1ccc(S(=O)(=O)N2CCN(C)CC2)cc1. The fourth-order valence-electron chi connectivity index (χ4n) is 3.14. The normalized spacial score (nSPS) is 16.5. The van der Waals surface area contributed by atoms with Crippen LogP contribution in [-0.4, -0.2) is 61.9 Å². The second kappa shape index (κ2) is 8.02. The van der Waals surface area contributed by atoms with Crippen molar-refractivity contribution in [2.24, 2.45) is 0 Å². The van der Waals surface area contributed by atoms with Gasteiger partial charge in [-0.05, 0) is 38.2 Å². The van der Waals surface area contributed by atoms with Gasteiger partial charge in [0.05, 0.1) is 10.6 Å². The molecule has 1 aliphatic heterocycles. The van der Waals surface area contributed by atoms with Gasteiger partial charge in [-0.1, -0.05) is 19.0 Å². The number of piperazine rings is 1. The lowest BCUT2D eigenvalue weighted by molar-refractivity contribution is 0.102. The lowest BCUT2D eigenvalue weighted by atomic mass is 10.0. The maximum absolute atomic E-state index is 12.8. The van der Waals surface area contributed by atoms with Crippen LogP contribution in [0.25, 0.3) is 0 Å². The summed E-state index contributed by atoms with van der Waals surface area (Å²) in [5, 5.41) is 6.67. The van der Waals surface area contributed by atoms with Crippen molar-refractivity contribution < 1.29 is 17.7 Å². The summed E-state index contributed by atoms with van der Waals surface area (Å²) in [5.41, 5.74) is 1.46. The zero-order chi connectivity index (χ0) is 20.5. The monoisotopic (exact) mass is 406 g/mol. The predicted octanol–water partition coefficient (Wildman–Crippen LogP) is 2.29. The van der Waals surface area contributed by atoms with Gasteiger partial charge < -0.3 is 14.7 Å². The molecule has 1 aliphatic rings. The van der Waals surface area contributed by atoms with E-state index in [-0.39, 0.29) is 16.7 Å². The van der Waals surface area contributed by atoms with Crippen LogP contribution >= 0.6 is 0 Å². The number of carbonyl (C=O) groups excluding carboxylic acids is 1. The number of aromatic nitrogens is 1. The molecule has 2 aromatic rings. The van der Waals surface area contributed by atoms with E-state index in [0.717, 1.165) is 0 Å². The van der Waals surface area contributed by atoms with Crippen LogP contribution in [0.1, 0.15) is 41.6 Å². The standard InChI is InChI=1S/C19H26N4O4S/c1-13(2)18-17(14(3)21-27-18)19(24)20-15-5-7-16(8-6-15)28(25,26)23-11-9-22(4)10-12-23/h5-8,13H,9-12H2,1-4H3,(H,20,24). The zero-order valence-corrected chi connectivity index (χ0v) is 17.4. The Morgan fingerprint density at radius 1 is 1.14 bits per heavy atom. The number of benzene rings is 1. The van der Waals surface area contributed by atoms with E-state index in [4.69, 9.17) is 4.52 Å². The summed E-state index contributed by atoms with van der Waals surface area (Å²) in [7, 11) is -1.55. The van der Waals surface area contributed by atoms with Crippen molar-refractivity contribution in [3.8, 4) is 0 Å². The Morgan fingerprint density at radius 2 is 1.75 bits per heavy atom. The Balaban J connectivity index is 1.75. The second-order valence-electron chi connectivity index (χ2n) is 7.35. The first-order valence-electron chi connectivity index (χ1n) is 9.26. The van der Waals surface area contributed by atoms with Crippen molar-refractivity contribution in [2.45, 2.75) is 31.6 Å². The smallest absolute Gasteiger partial charge is 0.261 e. The van der Waals surface area contributed by atoms with E-state index in [9.17, 15) is 13.2 Å². The first-order chi connectivity index (χ1) is 13.2. The average molecular weight is 407 g/mol. The van der Waals surface area contributed by atoms with Crippen LogP contribution < -0.4 is 5.32 Å². The number of aryl methyl sites for hydroxylation is 1. The fraction of sp³-hybridized carbons (Fsp3) is 0.474. The number of hydrogen-bond donors (Lipinski definition) is 1. The third-order valence-corrected chi connectivity index (χ3v) is 6.77. The molecule has 1 amide bonds. The summed E-state index contributed by atoms with van der Waals surface area (Å²) in [6.07, 6.45) is 0. The average Bonchev–Trinajstić information content (AvgIpc) is 3.04. The Hall–Kier alpha value is -2.23. The van der Waals surface area contributed by atoms with Crippen LogP contribution in [0.5, 0.6) is 0 Å². The van der Waals surface area contributed by atoms with Crippen molar-refractivity contribution in [1.82, 2.24) is 14.4 Å². The van der Waals surface area contributed by atoms with E-state index in [2.05, 4.69) is 15.4 Å². The highest BCUT2D eigenvalue weighted by Crippen LogP contribution is 2.24. The topological polar surface area (TPSA) is 95.8 Å². The maximum atomic E-state index is 12.8. The first kappa shape index (κ1) is 20.5. The molecule has 1 aromatic carbocycles. The number of nitrogens with one attached hydrogen (secondary N) is 1. The molecular formula is C19H26N4O4S. The molecule has 28 heavy (non-hydrogen) atoms. The number of amides is 1. The van der Waals surface area contributed by atoms with Gasteiger partial charge in [0.2, 0.25) is 10.0 Å². The van der Waals surface area contributed by atoms with Gasteiger partial charge in [0.25, 0.3) is 5.91 Å². The van der Waals surface area contributed by atoms with Gasteiger partial charge in [-0.3, -0.25) is 4.79 Å². The molecule has 1 N–H and O–H groups in total. The molecule has 0 bridgehead atoms. The molecule has 1 aromatic heterocycles. The van der Waals surface area contributed by atoms with E-state index in [1.54, 1.807) is 19.1 Å². The molecule has 9 heteroatoms. The van der Waals surface area contributed by atoms with Crippen LogP contribution in [0.2, 0.25) is 0 Å². The minimum absolute atomic E-state index is 0.0260. The highest BCUT2D eigenvalue weighted by molar-refractivity contribution is 7.89. The fourth-order valence-corrected chi connectivity index (χ4v) is 4.56. The Kier molecular flexibility index (Phi) is 5.87. The van der Waals surface area contributed by atoms with Gasteiger partial charge >= 0.3 is 0 Å². The highest BCUT2D eigenvalue weighted by Gasteiger charge is 2.27. The van der Waals surface area contributed by atoms with Crippen molar-refractivity contribution >= 4 is 21.6 Å². The van der Waals surface area contributed by atoms with E-state index >= 15 is 0 Å². The zero-order valence-electron chi connectivity index (χ0n) is 16.6. The second-order valence-corrected chi connectivity index (χ2v) is 9.29. The molecule has 2 heterocycles. The Morgan fingerprint density at radius 3 is 2.32 bits per heavy atom. The van der Waals surface area contributed by atoms with Crippen LogP contribution in [0, 0.1) is 6.92 Å². The van der Waals surface area contributed by atoms with Gasteiger partial charge in [-0.15, -0.1) is 0 Å². The molecule has 0 radical (unpaired) electrons. The molecule has 1 fully saturated rings. The number of likely N-dealkylation sites (N-methyl/N-ethyl adjacent to an activating group) is 1. The molecule has 1 saturated heterocycles. The molecule has 0 unspecified atom stereocenters. The van der Waals surface area contributed by atoms with Gasteiger partial charge in [-0.25, -0.2) is 8.42 Å². The number of sulfonamides is 1. The first-order valence-corrected chi connectivity index (χ1v) is 10.7. The number of nitrogens with zero attached hydrogens (tertiary/aromatic N) is 3. The third kappa shape index (κ3) is 4.11. The summed E-state index contributed by atoms with van der Waals surface area (Å²) >= 11 is 0. The van der Waals surface area contributed by atoms with Crippen molar-refractivity contribution in [1.29, 1.82) is 0 Å². The quantitative estimate of drug-likeness (QED) is 0.819. The summed E-state index contributed by atoms with van der Waals surface area (Å²) < 4.78 is 32.3. The van der Waals surface area contributed by atoms with E-state index in [1.165, 1.54) is 16.4 Å². The van der Waals surface area contributed by atoms with Crippen molar-refractivity contribution in [2.75, 3.05) is 38.5 Å². The molecule has 0 saturated carbocycles. The summed E-state index contributed by atoms with van der Waals surface area (Å²) in [6.45, 7) is 7.94. The molecule has 0 atom stereocenters. The molecule has 0 spiro atoms. The van der Waals surface area contributed by atoms with Gasteiger partial charge in [-0.2, -0.15) is 4.31 Å². The van der Waals surface area contributed by atoms with E-state index in [0.29, 0.717) is 48.9 Å². The summed E-state index contributed by atoms with van der Waals surface area (Å²) in [4.78, 5) is 15.0. The number of carbonyl (C=O) groups is 1. The lowest BCUT2D eigenvalue weighted by Gasteiger charge is -2.31. The van der Waals surface area contributed by atoms with E-state index in [1.807, 2.05) is 20.9 Å². The third-order valence-electron chi connectivity index (χ3n) is 4.85. The molecule has 0 aliphatic carbocycles. The van der Waals surface area contributed by atoms with Crippen LogP contribution in [0.15, 0.2) is 33.7 Å². The number of anilines is 1. The summed E-state index contributed by atoms with van der Waals surface area (Å²) in [5.74, 6) is 0.236. The molecular weight excluding hydrogens is 380 g/mol. The van der Waals surface area contributed by atoms with Crippen LogP contribution in [0.4, 0.5) is 5.69 Å². The van der Waals surface area contributed by atoms with Crippen molar-refractivity contribution in [3.05, 3.63) is 41.3 Å². The minimum atomic E-state index is -3.53. The van der Waals surface area contributed by atoms with Gasteiger partial charge in [0.1, 0.15) is 5.56 Å². The van der Waals surface area contributed by atoms with Crippen LogP contribution in [-0.2, 0) is 10.0 Å². The van der Waals surface area contributed by atoms with Crippen LogP contribution in [0.3, 0.4) is 0 Å². The Labute approximate surface area is 165 Å². The molecule has 8 nitrogen and oxygen atoms in total. The summed E-state index contributed by atoms with van der Waals surface area (Å²) in [6, 6.07) is 6.23. The number of hydrogen-bond acceptors (Lipinski definition) is 6. The minimum Gasteiger partial charge on any atom is -0.360 e. The largest absolute Gasteiger partial charge is 0.360 e. The highest BCUT2D eigenvalue weighted by atomic mass is 32.2. The maximum Gasteiger partial charge on any atom is 0.261 e. The predicted molar refractivity (Wildman–Crippen MR) is 106 cm³/mol. The molecule has 152 valence electrons. The molecule has 3 rings (SSSR count).